The molecule has 1 saturated heterocycles. The van der Waals surface area contributed by atoms with Crippen molar-refractivity contribution >= 4 is 11.9 Å². The lowest BCUT2D eigenvalue weighted by atomic mass is 9.72. The molecule has 1 amide bonds. The number of likely N-dealkylation sites (tertiary alicyclic amines) is 1. The summed E-state index contributed by atoms with van der Waals surface area (Å²) < 4.78 is 0. The zero-order valence-corrected chi connectivity index (χ0v) is 13.3. The molecule has 1 aliphatic heterocycles. The normalized spacial score (nSPS) is 23.5. The van der Waals surface area contributed by atoms with Crippen molar-refractivity contribution < 1.29 is 14.7 Å². The Labute approximate surface area is 136 Å². The van der Waals surface area contributed by atoms with Gasteiger partial charge in [-0.15, -0.1) is 0 Å². The summed E-state index contributed by atoms with van der Waals surface area (Å²) in [6, 6.07) is 9.43. The van der Waals surface area contributed by atoms with Gasteiger partial charge in [-0.05, 0) is 37.7 Å². The molecule has 2 aliphatic rings. The van der Waals surface area contributed by atoms with E-state index in [9.17, 15) is 14.7 Å². The van der Waals surface area contributed by atoms with Crippen LogP contribution in [0.5, 0.6) is 0 Å². The predicted octanol–water partition coefficient (Wildman–Crippen LogP) is 2.99. The molecule has 1 fully saturated rings. The van der Waals surface area contributed by atoms with Crippen LogP contribution in [0.15, 0.2) is 42.5 Å². The van der Waals surface area contributed by atoms with Crippen LogP contribution in [0.1, 0.15) is 37.7 Å². The molecule has 1 N–H and O–H groups in total. The van der Waals surface area contributed by atoms with Crippen molar-refractivity contribution in [3.63, 3.8) is 0 Å². The number of nitrogens with zero attached hydrogens (tertiary/aromatic N) is 1. The van der Waals surface area contributed by atoms with Crippen LogP contribution in [0, 0.1) is 5.92 Å². The fourth-order valence-electron chi connectivity index (χ4n) is 3.77. The first-order valence-electron chi connectivity index (χ1n) is 8.36. The summed E-state index contributed by atoms with van der Waals surface area (Å²) in [6.07, 6.45) is 7.88. The molecule has 0 radical (unpaired) electrons. The van der Waals surface area contributed by atoms with Gasteiger partial charge < -0.3 is 10.0 Å². The minimum absolute atomic E-state index is 0.0778. The van der Waals surface area contributed by atoms with Crippen molar-refractivity contribution in [1.29, 1.82) is 0 Å². The second kappa shape index (κ2) is 6.57. The van der Waals surface area contributed by atoms with E-state index in [2.05, 4.69) is 12.2 Å². The van der Waals surface area contributed by atoms with Crippen molar-refractivity contribution in [2.24, 2.45) is 5.92 Å². The van der Waals surface area contributed by atoms with E-state index in [0.717, 1.165) is 24.8 Å². The molecular weight excluding hydrogens is 290 g/mol. The van der Waals surface area contributed by atoms with Crippen molar-refractivity contribution in [2.75, 3.05) is 13.1 Å². The SMILES string of the molecule is O=C([C@@H]1CC=CCC1)N1CCC(C(=O)O)(c2ccccc2)CC1. The van der Waals surface area contributed by atoms with Crippen LogP contribution in [-0.4, -0.2) is 35.0 Å². The Morgan fingerprint density at radius 2 is 1.78 bits per heavy atom. The molecule has 4 heteroatoms. The number of carboxylic acid groups (broad SMARTS) is 1. The molecule has 0 aromatic heterocycles. The number of carboxylic acids is 1. The lowest BCUT2D eigenvalue weighted by Crippen LogP contribution is -2.50. The van der Waals surface area contributed by atoms with Gasteiger partial charge in [-0.2, -0.15) is 0 Å². The number of amides is 1. The van der Waals surface area contributed by atoms with Crippen molar-refractivity contribution in [1.82, 2.24) is 4.90 Å². The summed E-state index contributed by atoms with van der Waals surface area (Å²) in [6.45, 7) is 1.06. The van der Waals surface area contributed by atoms with Gasteiger partial charge in [0.25, 0.3) is 0 Å². The third-order valence-corrected chi connectivity index (χ3v) is 5.28. The Hall–Kier alpha value is -2.10. The fourth-order valence-corrected chi connectivity index (χ4v) is 3.77. The van der Waals surface area contributed by atoms with Gasteiger partial charge in [-0.1, -0.05) is 42.5 Å². The maximum absolute atomic E-state index is 12.6. The standard InChI is InChI=1S/C19H23NO3/c21-17(15-7-3-1-4-8-15)20-13-11-19(12-14-20,18(22)23)16-9-5-2-6-10-16/h1-3,5-6,9-10,15H,4,7-8,11-14H2,(H,22,23)/t15-/m1/s1. The Kier molecular flexibility index (Phi) is 4.51. The van der Waals surface area contributed by atoms with E-state index in [0.29, 0.717) is 25.9 Å². The van der Waals surface area contributed by atoms with Crippen LogP contribution in [0.2, 0.25) is 0 Å². The highest BCUT2D eigenvalue weighted by Gasteiger charge is 2.44. The topological polar surface area (TPSA) is 57.6 Å². The number of carbonyl (C=O) groups excluding carboxylic acids is 1. The van der Waals surface area contributed by atoms with Crippen molar-refractivity contribution in [3.05, 3.63) is 48.0 Å². The van der Waals surface area contributed by atoms with Gasteiger partial charge in [0.1, 0.15) is 0 Å². The minimum atomic E-state index is -0.857. The number of piperidine rings is 1. The zero-order chi connectivity index (χ0) is 16.3. The molecule has 0 bridgehead atoms. The molecule has 4 nitrogen and oxygen atoms in total. The fraction of sp³-hybridized carbons (Fsp3) is 0.474. The lowest BCUT2D eigenvalue weighted by Gasteiger charge is -2.40. The third-order valence-electron chi connectivity index (χ3n) is 5.28. The highest BCUT2D eigenvalue weighted by Crippen LogP contribution is 2.36. The van der Waals surface area contributed by atoms with Crippen molar-refractivity contribution in [2.45, 2.75) is 37.5 Å². The molecule has 1 aliphatic carbocycles. The highest BCUT2D eigenvalue weighted by molar-refractivity contribution is 5.83. The minimum Gasteiger partial charge on any atom is -0.481 e. The first-order chi connectivity index (χ1) is 11.1. The van der Waals surface area contributed by atoms with Crippen LogP contribution in [0.25, 0.3) is 0 Å². The van der Waals surface area contributed by atoms with Crippen molar-refractivity contribution in [3.8, 4) is 0 Å². The van der Waals surface area contributed by atoms with Gasteiger partial charge in [-0.3, -0.25) is 9.59 Å². The molecule has 0 spiro atoms. The van der Waals surface area contributed by atoms with E-state index in [1.54, 1.807) is 0 Å². The predicted molar refractivity (Wildman–Crippen MR) is 88.1 cm³/mol. The third kappa shape index (κ3) is 3.03. The van der Waals surface area contributed by atoms with Crippen LogP contribution < -0.4 is 0 Å². The molecule has 0 saturated carbocycles. The summed E-state index contributed by atoms with van der Waals surface area (Å²) in [5.74, 6) is -0.508. The number of aliphatic carboxylic acids is 1. The smallest absolute Gasteiger partial charge is 0.314 e. The molecule has 0 unspecified atom stereocenters. The molecule has 1 aromatic rings. The van der Waals surface area contributed by atoms with E-state index < -0.39 is 11.4 Å². The summed E-state index contributed by atoms with van der Waals surface area (Å²) in [5, 5.41) is 9.80. The summed E-state index contributed by atoms with van der Waals surface area (Å²) in [4.78, 5) is 26.4. The number of hydrogen-bond donors (Lipinski definition) is 1. The van der Waals surface area contributed by atoms with Gasteiger partial charge >= 0.3 is 5.97 Å². The molecule has 122 valence electrons. The van der Waals surface area contributed by atoms with E-state index in [4.69, 9.17) is 0 Å². The average Bonchev–Trinajstić information content (AvgIpc) is 2.62. The highest BCUT2D eigenvalue weighted by atomic mass is 16.4. The van der Waals surface area contributed by atoms with Crippen LogP contribution in [0.3, 0.4) is 0 Å². The molecule has 1 aromatic carbocycles. The Bertz CT molecular complexity index is 600. The monoisotopic (exact) mass is 313 g/mol. The van der Waals surface area contributed by atoms with E-state index in [-0.39, 0.29) is 11.8 Å². The average molecular weight is 313 g/mol. The van der Waals surface area contributed by atoms with Gasteiger partial charge in [0, 0.05) is 19.0 Å². The van der Waals surface area contributed by atoms with Gasteiger partial charge in [0.05, 0.1) is 5.41 Å². The number of rotatable bonds is 3. The number of hydrogen-bond acceptors (Lipinski definition) is 2. The van der Waals surface area contributed by atoms with Gasteiger partial charge in [0.2, 0.25) is 5.91 Å². The first kappa shape index (κ1) is 15.8. The largest absolute Gasteiger partial charge is 0.481 e. The van der Waals surface area contributed by atoms with Gasteiger partial charge in [-0.25, -0.2) is 0 Å². The summed E-state index contributed by atoms with van der Waals surface area (Å²) in [5.41, 5.74) is -0.00923. The Morgan fingerprint density at radius 3 is 2.35 bits per heavy atom. The van der Waals surface area contributed by atoms with E-state index in [1.165, 1.54) is 0 Å². The molecular formula is C19H23NO3. The summed E-state index contributed by atoms with van der Waals surface area (Å²) >= 11 is 0. The molecule has 3 rings (SSSR count). The number of carbonyl (C=O) groups is 2. The summed E-state index contributed by atoms with van der Waals surface area (Å²) in [7, 11) is 0. The second-order valence-corrected chi connectivity index (χ2v) is 6.56. The Balaban J connectivity index is 1.72. The van der Waals surface area contributed by atoms with E-state index >= 15 is 0 Å². The zero-order valence-electron chi connectivity index (χ0n) is 13.3. The quantitative estimate of drug-likeness (QED) is 0.873. The number of benzene rings is 1. The van der Waals surface area contributed by atoms with Crippen LogP contribution in [0.4, 0.5) is 0 Å². The van der Waals surface area contributed by atoms with E-state index in [1.807, 2.05) is 35.2 Å². The van der Waals surface area contributed by atoms with Crippen LogP contribution in [-0.2, 0) is 15.0 Å². The molecule has 1 atom stereocenters. The van der Waals surface area contributed by atoms with Crippen LogP contribution >= 0.6 is 0 Å². The first-order valence-corrected chi connectivity index (χ1v) is 8.36. The maximum atomic E-state index is 12.6. The maximum Gasteiger partial charge on any atom is 0.314 e. The molecule has 23 heavy (non-hydrogen) atoms. The Morgan fingerprint density at radius 1 is 1.09 bits per heavy atom. The van der Waals surface area contributed by atoms with Gasteiger partial charge in [0.15, 0.2) is 0 Å². The number of allylic oxidation sites excluding steroid dienone is 2. The second-order valence-electron chi connectivity index (χ2n) is 6.56. The molecule has 1 heterocycles. The lowest BCUT2D eigenvalue weighted by molar-refractivity contribution is -0.149.